The molecule has 3 rings (SSSR count). The number of carbonyl (C=O) groups excluding carboxylic acids is 1. The zero-order chi connectivity index (χ0) is 15.7. The first-order valence-electron chi connectivity index (χ1n) is 6.63. The molecule has 2 aromatic heterocycles. The molecule has 0 saturated carbocycles. The number of ether oxygens (including phenoxy) is 1. The van der Waals surface area contributed by atoms with Crippen molar-refractivity contribution in [1.82, 2.24) is 9.78 Å². The number of carbonyl (C=O) groups is 1. The summed E-state index contributed by atoms with van der Waals surface area (Å²) in [5.41, 5.74) is 0.310. The van der Waals surface area contributed by atoms with E-state index in [9.17, 15) is 13.6 Å². The van der Waals surface area contributed by atoms with Gasteiger partial charge in [-0.05, 0) is 25.1 Å². The molecule has 0 atom stereocenters. The summed E-state index contributed by atoms with van der Waals surface area (Å²) in [6, 6.07) is 6.88. The highest BCUT2D eigenvalue weighted by Crippen LogP contribution is 2.27. The quantitative estimate of drug-likeness (QED) is 0.689. The Labute approximate surface area is 124 Å². The largest absolute Gasteiger partial charge is 0.464 e. The molecule has 2 heterocycles. The average molecular weight is 306 g/mol. The van der Waals surface area contributed by atoms with Crippen LogP contribution in [0.15, 0.2) is 41.1 Å². The lowest BCUT2D eigenvalue weighted by atomic mass is 10.2. The van der Waals surface area contributed by atoms with E-state index >= 15 is 0 Å². The zero-order valence-electron chi connectivity index (χ0n) is 11.6. The fourth-order valence-corrected chi connectivity index (χ4v) is 2.22. The summed E-state index contributed by atoms with van der Waals surface area (Å²) >= 11 is 0. The van der Waals surface area contributed by atoms with Crippen molar-refractivity contribution in [3.8, 4) is 5.69 Å². The van der Waals surface area contributed by atoms with E-state index in [4.69, 9.17) is 9.15 Å². The van der Waals surface area contributed by atoms with E-state index in [2.05, 4.69) is 5.10 Å². The summed E-state index contributed by atoms with van der Waals surface area (Å²) in [5.74, 6) is -0.816. The Balaban J connectivity index is 2.14. The van der Waals surface area contributed by atoms with Crippen molar-refractivity contribution in [2.75, 3.05) is 6.61 Å². The Bertz CT molecular complexity index is 823. The molecular formula is C15H12F2N2O3. The molecular weight excluding hydrogens is 294 g/mol. The van der Waals surface area contributed by atoms with Gasteiger partial charge in [-0.1, -0.05) is 6.07 Å². The average Bonchev–Trinajstić information content (AvgIpc) is 3.14. The van der Waals surface area contributed by atoms with Gasteiger partial charge in [-0.25, -0.2) is 18.3 Å². The number of alkyl halides is 2. The first-order valence-corrected chi connectivity index (χ1v) is 6.63. The van der Waals surface area contributed by atoms with E-state index in [0.717, 1.165) is 0 Å². The third-order valence-electron chi connectivity index (χ3n) is 3.16. The number of furan rings is 1. The van der Waals surface area contributed by atoms with Crippen LogP contribution in [0.2, 0.25) is 0 Å². The molecule has 0 bridgehead atoms. The minimum atomic E-state index is -2.87. The van der Waals surface area contributed by atoms with Gasteiger partial charge in [-0.2, -0.15) is 5.10 Å². The van der Waals surface area contributed by atoms with Crippen LogP contribution in [0.5, 0.6) is 0 Å². The number of fused-ring (bicyclic) bond motifs is 1. The lowest BCUT2D eigenvalue weighted by molar-refractivity contribution is 0.0515. The molecule has 7 heteroatoms. The van der Waals surface area contributed by atoms with E-state index in [1.165, 1.54) is 17.1 Å². The van der Waals surface area contributed by atoms with Crippen molar-refractivity contribution < 1.29 is 22.7 Å². The monoisotopic (exact) mass is 306 g/mol. The lowest BCUT2D eigenvalue weighted by Gasteiger charge is -2.02. The Kier molecular flexibility index (Phi) is 3.62. The van der Waals surface area contributed by atoms with Gasteiger partial charge in [0.1, 0.15) is 16.8 Å². The van der Waals surface area contributed by atoms with E-state index < -0.39 is 18.1 Å². The van der Waals surface area contributed by atoms with Crippen LogP contribution in [-0.2, 0) is 4.74 Å². The predicted molar refractivity (Wildman–Crippen MR) is 74.2 cm³/mol. The molecule has 22 heavy (non-hydrogen) atoms. The van der Waals surface area contributed by atoms with Gasteiger partial charge in [0.25, 0.3) is 6.43 Å². The normalized spacial score (nSPS) is 11.3. The smallest absolute Gasteiger partial charge is 0.341 e. The van der Waals surface area contributed by atoms with Crippen LogP contribution in [0.25, 0.3) is 16.7 Å². The lowest BCUT2D eigenvalue weighted by Crippen LogP contribution is -2.06. The van der Waals surface area contributed by atoms with Gasteiger partial charge < -0.3 is 9.15 Å². The van der Waals surface area contributed by atoms with Gasteiger partial charge in [0.15, 0.2) is 0 Å². The fourth-order valence-electron chi connectivity index (χ4n) is 2.22. The van der Waals surface area contributed by atoms with Gasteiger partial charge in [0.2, 0.25) is 0 Å². The second-order valence-corrected chi connectivity index (χ2v) is 4.50. The summed E-state index contributed by atoms with van der Waals surface area (Å²) in [6.07, 6.45) is -0.122. The third-order valence-corrected chi connectivity index (χ3v) is 3.16. The topological polar surface area (TPSA) is 57.3 Å². The van der Waals surface area contributed by atoms with Crippen LogP contribution in [-0.4, -0.2) is 22.4 Å². The van der Waals surface area contributed by atoms with Crippen LogP contribution < -0.4 is 0 Å². The van der Waals surface area contributed by atoms with Crippen molar-refractivity contribution in [2.45, 2.75) is 13.3 Å². The first kappa shape index (κ1) is 14.2. The number of aromatic nitrogens is 2. The molecule has 3 aromatic rings. The van der Waals surface area contributed by atoms with Gasteiger partial charge in [0.05, 0.1) is 18.6 Å². The van der Waals surface area contributed by atoms with Crippen molar-refractivity contribution in [3.05, 3.63) is 48.0 Å². The number of hydrogen-bond acceptors (Lipinski definition) is 4. The highest BCUT2D eigenvalue weighted by molar-refractivity contribution is 5.91. The highest BCUT2D eigenvalue weighted by atomic mass is 19.3. The molecule has 0 saturated heterocycles. The Morgan fingerprint density at radius 3 is 2.95 bits per heavy atom. The van der Waals surface area contributed by atoms with Crippen LogP contribution in [0, 0.1) is 0 Å². The summed E-state index contributed by atoms with van der Waals surface area (Å²) in [7, 11) is 0. The van der Waals surface area contributed by atoms with Crippen molar-refractivity contribution in [2.24, 2.45) is 0 Å². The molecule has 0 unspecified atom stereocenters. The van der Waals surface area contributed by atoms with E-state index in [0.29, 0.717) is 16.7 Å². The molecule has 0 fully saturated rings. The second kappa shape index (κ2) is 5.59. The highest BCUT2D eigenvalue weighted by Gasteiger charge is 2.25. The molecule has 0 amide bonds. The summed E-state index contributed by atoms with van der Waals surface area (Å²) < 4.78 is 37.5. The summed E-state index contributed by atoms with van der Waals surface area (Å²) in [5, 5.41) is 4.55. The summed E-state index contributed by atoms with van der Waals surface area (Å²) in [4.78, 5) is 11.8. The molecule has 0 aliphatic rings. The van der Waals surface area contributed by atoms with E-state index in [-0.39, 0.29) is 12.2 Å². The van der Waals surface area contributed by atoms with Crippen molar-refractivity contribution in [1.29, 1.82) is 0 Å². The Hall–Kier alpha value is -2.70. The fraction of sp³-hybridized carbons (Fsp3) is 0.200. The number of nitrogens with zero attached hydrogens (tertiary/aromatic N) is 2. The minimum Gasteiger partial charge on any atom is -0.464 e. The van der Waals surface area contributed by atoms with Crippen molar-refractivity contribution in [3.63, 3.8) is 0 Å². The van der Waals surface area contributed by atoms with E-state index in [1.54, 1.807) is 31.2 Å². The van der Waals surface area contributed by atoms with Gasteiger partial charge in [-0.3, -0.25) is 0 Å². The third kappa shape index (κ3) is 2.34. The molecule has 0 radical (unpaired) electrons. The molecule has 0 N–H and O–H groups in total. The predicted octanol–water partition coefficient (Wildman–Crippen LogP) is 3.73. The second-order valence-electron chi connectivity index (χ2n) is 4.50. The Morgan fingerprint density at radius 2 is 2.23 bits per heavy atom. The maximum absolute atomic E-state index is 13.1. The standard InChI is InChI=1S/C15H12F2N2O3/c1-2-21-15(20)10-8-19(18-13(10)14(16)17)11-4-3-5-12-9(11)6-7-22-12/h3-8,14H,2H2,1H3. The molecule has 1 aromatic carbocycles. The van der Waals surface area contributed by atoms with Crippen LogP contribution in [0.1, 0.15) is 29.4 Å². The first-order chi connectivity index (χ1) is 10.6. The van der Waals surface area contributed by atoms with E-state index in [1.807, 2.05) is 0 Å². The molecule has 0 aliphatic carbocycles. The zero-order valence-corrected chi connectivity index (χ0v) is 11.6. The molecule has 0 spiro atoms. The van der Waals surface area contributed by atoms with Crippen LogP contribution in [0.3, 0.4) is 0 Å². The maximum Gasteiger partial charge on any atom is 0.341 e. The number of benzene rings is 1. The van der Waals surface area contributed by atoms with Gasteiger partial charge in [-0.15, -0.1) is 0 Å². The Morgan fingerprint density at radius 1 is 1.41 bits per heavy atom. The number of halogens is 2. The SMILES string of the molecule is CCOC(=O)c1cn(-c2cccc3occc23)nc1C(F)F. The minimum absolute atomic E-state index is 0.101. The van der Waals surface area contributed by atoms with Crippen LogP contribution in [0.4, 0.5) is 8.78 Å². The molecule has 0 aliphatic heterocycles. The van der Waals surface area contributed by atoms with Crippen molar-refractivity contribution >= 4 is 16.9 Å². The van der Waals surface area contributed by atoms with Gasteiger partial charge >= 0.3 is 5.97 Å². The number of hydrogen-bond donors (Lipinski definition) is 0. The van der Waals surface area contributed by atoms with Gasteiger partial charge in [0, 0.05) is 11.6 Å². The maximum atomic E-state index is 13.1. The molecule has 5 nitrogen and oxygen atoms in total. The summed E-state index contributed by atoms with van der Waals surface area (Å²) in [6.45, 7) is 1.71. The number of rotatable bonds is 4. The molecule has 114 valence electrons. The van der Waals surface area contributed by atoms with Crippen LogP contribution >= 0.6 is 0 Å². The number of esters is 1.